The average molecular weight is 307 g/mol. The van der Waals surface area contributed by atoms with E-state index >= 15 is 0 Å². The Morgan fingerprint density at radius 3 is 2.20 bits per heavy atom. The van der Waals surface area contributed by atoms with Crippen LogP contribution in [0, 0.1) is 0 Å². The molecule has 1 aromatic carbocycles. The molecule has 0 aromatic heterocycles. The van der Waals surface area contributed by atoms with E-state index in [2.05, 4.69) is 0 Å². The van der Waals surface area contributed by atoms with Gasteiger partial charge in [-0.2, -0.15) is 0 Å². The van der Waals surface area contributed by atoms with Gasteiger partial charge in [0.05, 0.1) is 15.1 Å². The zero-order valence-electron chi connectivity index (χ0n) is 7.21. The molecule has 0 amide bonds. The first-order valence-electron chi connectivity index (χ1n) is 3.57. The van der Waals surface area contributed by atoms with Crippen molar-refractivity contribution in [3.8, 4) is 0 Å². The van der Waals surface area contributed by atoms with E-state index in [1.54, 1.807) is 0 Å². The summed E-state index contributed by atoms with van der Waals surface area (Å²) in [7, 11) is -3.53. The molecule has 0 atom stereocenters. The standard InChI is InChI=1S/C7H6Cl3NO2S2/c8-4-1-6(10)7(2-5(4)9)14-3-15(11,12)13/h1-2H,3H2,(H2,11,12,13). The van der Waals surface area contributed by atoms with Gasteiger partial charge in [0.25, 0.3) is 0 Å². The minimum absolute atomic E-state index is 0.259. The van der Waals surface area contributed by atoms with Gasteiger partial charge in [-0.1, -0.05) is 34.8 Å². The van der Waals surface area contributed by atoms with Crippen molar-refractivity contribution in [1.82, 2.24) is 0 Å². The molecule has 2 N–H and O–H groups in total. The fraction of sp³-hybridized carbons (Fsp3) is 0.143. The first-order valence-corrected chi connectivity index (χ1v) is 7.41. The Morgan fingerprint density at radius 1 is 1.13 bits per heavy atom. The number of rotatable bonds is 3. The number of primary sulfonamides is 1. The van der Waals surface area contributed by atoms with Crippen LogP contribution < -0.4 is 5.14 Å². The third-order valence-electron chi connectivity index (χ3n) is 1.35. The number of thioether (sulfide) groups is 1. The molecule has 1 rings (SSSR count). The molecule has 0 bridgehead atoms. The summed E-state index contributed by atoms with van der Waals surface area (Å²) in [4.78, 5) is 0.528. The summed E-state index contributed by atoms with van der Waals surface area (Å²) >= 11 is 18.3. The van der Waals surface area contributed by atoms with E-state index < -0.39 is 10.0 Å². The van der Waals surface area contributed by atoms with Crippen molar-refractivity contribution in [2.75, 3.05) is 5.08 Å². The second-order valence-corrected chi connectivity index (χ2v) is 6.84. The summed E-state index contributed by atoms with van der Waals surface area (Å²) in [6, 6.07) is 2.96. The number of hydrogen-bond acceptors (Lipinski definition) is 3. The van der Waals surface area contributed by atoms with Crippen LogP contribution in [0.3, 0.4) is 0 Å². The van der Waals surface area contributed by atoms with Crippen molar-refractivity contribution >= 4 is 56.6 Å². The SMILES string of the molecule is NS(=O)(=O)CSc1cc(Cl)c(Cl)cc1Cl. The predicted molar refractivity (Wildman–Crippen MR) is 65.3 cm³/mol. The normalized spacial score (nSPS) is 11.7. The Bertz CT molecular complexity index is 475. The minimum Gasteiger partial charge on any atom is -0.228 e. The molecule has 0 aliphatic rings. The Hall–Kier alpha value is 0.350. The van der Waals surface area contributed by atoms with E-state index in [-0.39, 0.29) is 5.08 Å². The molecule has 0 aliphatic heterocycles. The highest BCUT2D eigenvalue weighted by Crippen LogP contribution is 2.34. The molecule has 0 aliphatic carbocycles. The van der Waals surface area contributed by atoms with Crippen LogP contribution in [0.25, 0.3) is 0 Å². The Balaban J connectivity index is 2.91. The number of nitrogens with two attached hydrogens (primary N) is 1. The molecule has 0 spiro atoms. The zero-order chi connectivity index (χ0) is 11.6. The van der Waals surface area contributed by atoms with Crippen LogP contribution in [0.15, 0.2) is 17.0 Å². The lowest BCUT2D eigenvalue weighted by atomic mass is 10.4. The molecule has 1 aromatic rings. The van der Waals surface area contributed by atoms with E-state index in [1.165, 1.54) is 12.1 Å². The Kier molecular flexibility index (Phi) is 4.58. The van der Waals surface area contributed by atoms with Gasteiger partial charge >= 0.3 is 0 Å². The average Bonchev–Trinajstić information content (AvgIpc) is 2.07. The van der Waals surface area contributed by atoms with Gasteiger partial charge < -0.3 is 0 Å². The Morgan fingerprint density at radius 2 is 1.67 bits per heavy atom. The summed E-state index contributed by atoms with van der Waals surface area (Å²) in [5.74, 6) is 0. The summed E-state index contributed by atoms with van der Waals surface area (Å²) in [6.45, 7) is 0. The van der Waals surface area contributed by atoms with Gasteiger partial charge in [-0.05, 0) is 12.1 Å². The van der Waals surface area contributed by atoms with Crippen molar-refractivity contribution < 1.29 is 8.42 Å². The highest BCUT2D eigenvalue weighted by Gasteiger charge is 2.10. The van der Waals surface area contributed by atoms with Crippen LogP contribution in [0.1, 0.15) is 0 Å². The van der Waals surface area contributed by atoms with Crippen molar-refractivity contribution in [2.24, 2.45) is 5.14 Å². The van der Waals surface area contributed by atoms with Gasteiger partial charge in [0.1, 0.15) is 5.08 Å². The number of halogens is 3. The van der Waals surface area contributed by atoms with Crippen molar-refractivity contribution in [1.29, 1.82) is 0 Å². The highest BCUT2D eigenvalue weighted by molar-refractivity contribution is 8.11. The molecule has 0 radical (unpaired) electrons. The monoisotopic (exact) mass is 305 g/mol. The summed E-state index contributed by atoms with van der Waals surface area (Å²) in [5.41, 5.74) is 0. The van der Waals surface area contributed by atoms with E-state index in [1.807, 2.05) is 0 Å². The number of benzene rings is 1. The van der Waals surface area contributed by atoms with Crippen LogP contribution in [0.5, 0.6) is 0 Å². The van der Waals surface area contributed by atoms with Crippen molar-refractivity contribution in [2.45, 2.75) is 4.90 Å². The maximum atomic E-state index is 10.7. The van der Waals surface area contributed by atoms with Crippen LogP contribution >= 0.6 is 46.6 Å². The van der Waals surface area contributed by atoms with Crippen LogP contribution in [0.2, 0.25) is 15.1 Å². The lowest BCUT2D eigenvalue weighted by molar-refractivity contribution is 0.602. The largest absolute Gasteiger partial charge is 0.228 e. The molecule has 84 valence electrons. The van der Waals surface area contributed by atoms with Gasteiger partial charge in [-0.15, -0.1) is 11.8 Å². The topological polar surface area (TPSA) is 60.2 Å². The molecule has 15 heavy (non-hydrogen) atoms. The van der Waals surface area contributed by atoms with Gasteiger partial charge in [-0.3, -0.25) is 0 Å². The fourth-order valence-electron chi connectivity index (χ4n) is 0.761. The van der Waals surface area contributed by atoms with Gasteiger partial charge in [0.2, 0.25) is 10.0 Å². The lowest BCUT2D eigenvalue weighted by Gasteiger charge is -2.04. The Labute approximate surface area is 107 Å². The van der Waals surface area contributed by atoms with Crippen LogP contribution in [-0.4, -0.2) is 13.5 Å². The highest BCUT2D eigenvalue weighted by atomic mass is 35.5. The third kappa shape index (κ3) is 4.38. The summed E-state index contributed by atoms with van der Waals surface area (Å²) in [5, 5.41) is 5.58. The fourth-order valence-corrected chi connectivity index (χ4v) is 3.10. The van der Waals surface area contributed by atoms with Crippen molar-refractivity contribution in [3.05, 3.63) is 27.2 Å². The lowest BCUT2D eigenvalue weighted by Crippen LogP contribution is -2.13. The summed E-state index contributed by atoms with van der Waals surface area (Å²) < 4.78 is 21.4. The molecule has 0 saturated heterocycles. The second-order valence-electron chi connectivity index (χ2n) is 2.62. The van der Waals surface area contributed by atoms with Crippen LogP contribution in [0.4, 0.5) is 0 Å². The maximum absolute atomic E-state index is 10.7. The summed E-state index contributed by atoms with van der Waals surface area (Å²) in [6.07, 6.45) is 0. The van der Waals surface area contributed by atoms with Gasteiger partial charge in [0.15, 0.2) is 0 Å². The molecule has 0 fully saturated rings. The smallest absolute Gasteiger partial charge is 0.218 e. The quantitative estimate of drug-likeness (QED) is 0.690. The molecule has 3 nitrogen and oxygen atoms in total. The number of hydrogen-bond donors (Lipinski definition) is 1. The van der Waals surface area contributed by atoms with E-state index in [0.29, 0.717) is 20.0 Å². The minimum atomic E-state index is -3.53. The number of sulfonamides is 1. The molecule has 0 unspecified atom stereocenters. The second kappa shape index (κ2) is 5.12. The van der Waals surface area contributed by atoms with E-state index in [9.17, 15) is 8.42 Å². The molecule has 0 heterocycles. The molecule has 0 saturated carbocycles. The van der Waals surface area contributed by atoms with Crippen LogP contribution in [-0.2, 0) is 10.0 Å². The third-order valence-corrected chi connectivity index (χ3v) is 4.93. The first-order chi connectivity index (χ1) is 6.79. The van der Waals surface area contributed by atoms with Gasteiger partial charge in [-0.25, -0.2) is 13.6 Å². The van der Waals surface area contributed by atoms with E-state index in [0.717, 1.165) is 11.8 Å². The first kappa shape index (κ1) is 13.4. The van der Waals surface area contributed by atoms with Gasteiger partial charge in [0, 0.05) is 4.90 Å². The molecular weight excluding hydrogens is 301 g/mol. The van der Waals surface area contributed by atoms with E-state index in [4.69, 9.17) is 39.9 Å². The maximum Gasteiger partial charge on any atom is 0.218 e. The predicted octanol–water partition coefficient (Wildman–Crippen LogP) is 2.98. The molecular formula is C7H6Cl3NO2S2. The molecule has 8 heteroatoms. The van der Waals surface area contributed by atoms with Crippen molar-refractivity contribution in [3.63, 3.8) is 0 Å². The zero-order valence-corrected chi connectivity index (χ0v) is 11.1.